The summed E-state index contributed by atoms with van der Waals surface area (Å²) in [7, 11) is 0. The maximum absolute atomic E-state index is 13.8. The van der Waals surface area contributed by atoms with Gasteiger partial charge in [0, 0.05) is 24.2 Å². The highest BCUT2D eigenvalue weighted by Crippen LogP contribution is 2.35. The van der Waals surface area contributed by atoms with Gasteiger partial charge in [-0.15, -0.1) is 0 Å². The van der Waals surface area contributed by atoms with Crippen LogP contribution in [-0.4, -0.2) is 35.8 Å². The smallest absolute Gasteiger partial charge is 0.254 e. The molecule has 0 saturated carbocycles. The fourth-order valence-corrected chi connectivity index (χ4v) is 4.42. The summed E-state index contributed by atoms with van der Waals surface area (Å²) in [5.41, 5.74) is 0.458. The van der Waals surface area contributed by atoms with Crippen molar-refractivity contribution < 1.29 is 14.0 Å². The Morgan fingerprint density at radius 2 is 1.67 bits per heavy atom. The number of carbonyl (C=O) groups is 2. The molecular formula is C24H28ClFN2O2. The van der Waals surface area contributed by atoms with Crippen LogP contribution >= 0.6 is 11.6 Å². The van der Waals surface area contributed by atoms with Crippen LogP contribution in [0, 0.1) is 5.82 Å². The third-order valence-electron chi connectivity index (χ3n) is 6.25. The van der Waals surface area contributed by atoms with E-state index in [4.69, 9.17) is 11.6 Å². The molecule has 0 radical (unpaired) electrons. The third-order valence-corrected chi connectivity index (χ3v) is 6.50. The summed E-state index contributed by atoms with van der Waals surface area (Å²) in [5.74, 6) is -0.814. The number of benzene rings is 2. The van der Waals surface area contributed by atoms with Crippen LogP contribution in [0.2, 0.25) is 5.02 Å². The number of carbonyl (C=O) groups excluding carboxylic acids is 2. The molecule has 2 aromatic rings. The van der Waals surface area contributed by atoms with Gasteiger partial charge in [-0.3, -0.25) is 9.59 Å². The molecule has 1 N–H and O–H groups in total. The summed E-state index contributed by atoms with van der Waals surface area (Å²) in [4.78, 5) is 27.8. The summed E-state index contributed by atoms with van der Waals surface area (Å²) < 4.78 is 13.8. The number of hydrogen-bond acceptors (Lipinski definition) is 2. The second-order valence-corrected chi connectivity index (χ2v) is 8.25. The highest BCUT2D eigenvalue weighted by molar-refractivity contribution is 6.30. The quantitative estimate of drug-likeness (QED) is 0.704. The number of likely N-dealkylation sites (tertiary alicyclic amines) is 1. The van der Waals surface area contributed by atoms with Crippen molar-refractivity contribution in [2.75, 3.05) is 13.1 Å². The van der Waals surface area contributed by atoms with Crippen molar-refractivity contribution in [3.63, 3.8) is 0 Å². The van der Waals surface area contributed by atoms with Gasteiger partial charge in [-0.25, -0.2) is 4.39 Å². The zero-order valence-corrected chi connectivity index (χ0v) is 18.2. The van der Waals surface area contributed by atoms with E-state index < -0.39 is 17.1 Å². The van der Waals surface area contributed by atoms with Crippen LogP contribution < -0.4 is 5.32 Å². The Hall–Kier alpha value is -2.40. The molecule has 2 aromatic carbocycles. The molecule has 1 fully saturated rings. The molecule has 0 bridgehead atoms. The zero-order chi connectivity index (χ0) is 21.7. The molecule has 0 aromatic heterocycles. The van der Waals surface area contributed by atoms with E-state index in [2.05, 4.69) is 5.32 Å². The number of nitrogens with zero attached hydrogens (tertiary/aromatic N) is 1. The topological polar surface area (TPSA) is 49.4 Å². The number of piperidine rings is 1. The molecule has 0 atom stereocenters. The fraction of sp³-hybridized carbons (Fsp3) is 0.417. The van der Waals surface area contributed by atoms with E-state index in [1.54, 1.807) is 12.1 Å². The molecule has 160 valence electrons. The molecule has 1 saturated heterocycles. The number of halogens is 2. The van der Waals surface area contributed by atoms with Crippen LogP contribution in [0.5, 0.6) is 0 Å². The molecule has 1 aliphatic rings. The molecule has 1 aliphatic heterocycles. The van der Waals surface area contributed by atoms with Crippen molar-refractivity contribution in [3.05, 3.63) is 70.5 Å². The molecule has 0 unspecified atom stereocenters. The van der Waals surface area contributed by atoms with Crippen molar-refractivity contribution in [2.45, 2.75) is 51.0 Å². The lowest BCUT2D eigenvalue weighted by molar-refractivity contribution is -0.139. The van der Waals surface area contributed by atoms with Crippen LogP contribution in [0.1, 0.15) is 55.5 Å². The maximum Gasteiger partial charge on any atom is 0.254 e. The second kappa shape index (κ2) is 9.61. The minimum absolute atomic E-state index is 0.0507. The molecule has 0 spiro atoms. The van der Waals surface area contributed by atoms with Crippen LogP contribution in [0.3, 0.4) is 0 Å². The summed E-state index contributed by atoms with van der Waals surface area (Å²) in [6, 6.07) is 13.4. The van der Waals surface area contributed by atoms with E-state index >= 15 is 0 Å². The minimum atomic E-state index is -0.576. The Morgan fingerprint density at radius 3 is 2.23 bits per heavy atom. The van der Waals surface area contributed by atoms with E-state index in [0.29, 0.717) is 43.8 Å². The lowest BCUT2D eigenvalue weighted by Gasteiger charge is -2.40. The van der Waals surface area contributed by atoms with E-state index in [1.165, 1.54) is 12.1 Å². The number of nitrogens with one attached hydrogen (secondary N) is 1. The third kappa shape index (κ3) is 4.51. The largest absolute Gasteiger partial charge is 0.349 e. The molecule has 30 heavy (non-hydrogen) atoms. The first-order chi connectivity index (χ1) is 14.4. The summed E-state index contributed by atoms with van der Waals surface area (Å²) in [5, 5.41) is 3.56. The Kier molecular flexibility index (Phi) is 7.14. The van der Waals surface area contributed by atoms with Gasteiger partial charge in [-0.2, -0.15) is 0 Å². The van der Waals surface area contributed by atoms with E-state index in [9.17, 15) is 14.0 Å². The molecule has 4 nitrogen and oxygen atoms in total. The van der Waals surface area contributed by atoms with Crippen molar-refractivity contribution >= 4 is 23.4 Å². The van der Waals surface area contributed by atoms with E-state index in [-0.39, 0.29) is 17.5 Å². The monoisotopic (exact) mass is 430 g/mol. The molecule has 2 amide bonds. The van der Waals surface area contributed by atoms with Gasteiger partial charge in [0.2, 0.25) is 5.91 Å². The van der Waals surface area contributed by atoms with Crippen LogP contribution in [0.25, 0.3) is 0 Å². The Bertz CT molecular complexity index is 888. The Labute approximate surface area is 182 Å². The summed E-state index contributed by atoms with van der Waals surface area (Å²) in [6.45, 7) is 5.21. The molecule has 1 heterocycles. The van der Waals surface area contributed by atoms with Gasteiger partial charge in [0.15, 0.2) is 0 Å². The average molecular weight is 431 g/mol. The number of rotatable bonds is 6. The highest BCUT2D eigenvalue weighted by Gasteiger charge is 2.40. The lowest BCUT2D eigenvalue weighted by Crippen LogP contribution is -2.52. The number of amides is 2. The molecule has 6 heteroatoms. The van der Waals surface area contributed by atoms with Gasteiger partial charge in [-0.1, -0.05) is 49.7 Å². The Balaban J connectivity index is 1.66. The molecule has 3 rings (SSSR count). The first-order valence-corrected chi connectivity index (χ1v) is 10.9. The predicted molar refractivity (Wildman–Crippen MR) is 117 cm³/mol. The van der Waals surface area contributed by atoms with Crippen molar-refractivity contribution in [1.82, 2.24) is 10.2 Å². The Morgan fingerprint density at radius 1 is 1.07 bits per heavy atom. The van der Waals surface area contributed by atoms with Crippen molar-refractivity contribution in [3.8, 4) is 0 Å². The van der Waals surface area contributed by atoms with Gasteiger partial charge in [0.1, 0.15) is 5.82 Å². The van der Waals surface area contributed by atoms with Gasteiger partial charge >= 0.3 is 0 Å². The van der Waals surface area contributed by atoms with E-state index in [0.717, 1.165) is 5.56 Å². The standard InChI is InChI=1S/C24H28ClFN2O2/c1-3-24(4-2,17-9-11-18(25)12-10-17)23(30)28-15-13-19(14-16-28)27-22(29)20-7-5-6-8-21(20)26/h5-12,19H,3-4,13-16H2,1-2H3,(H,27,29). The summed E-state index contributed by atoms with van der Waals surface area (Å²) in [6.07, 6.45) is 2.70. The van der Waals surface area contributed by atoms with Crippen molar-refractivity contribution in [2.24, 2.45) is 0 Å². The van der Waals surface area contributed by atoms with Crippen LogP contribution in [-0.2, 0) is 10.2 Å². The highest BCUT2D eigenvalue weighted by atomic mass is 35.5. The molecular weight excluding hydrogens is 403 g/mol. The fourth-order valence-electron chi connectivity index (χ4n) is 4.29. The van der Waals surface area contributed by atoms with Crippen LogP contribution in [0.4, 0.5) is 4.39 Å². The van der Waals surface area contributed by atoms with Gasteiger partial charge in [0.05, 0.1) is 11.0 Å². The normalized spacial score (nSPS) is 15.1. The predicted octanol–water partition coefficient (Wildman–Crippen LogP) is 4.96. The van der Waals surface area contributed by atoms with E-state index in [1.807, 2.05) is 43.0 Å². The lowest BCUT2D eigenvalue weighted by atomic mass is 9.74. The SMILES string of the molecule is CCC(CC)(C(=O)N1CCC(NC(=O)c2ccccc2F)CC1)c1ccc(Cl)cc1. The van der Waals surface area contributed by atoms with Crippen LogP contribution in [0.15, 0.2) is 48.5 Å². The van der Waals surface area contributed by atoms with Crippen molar-refractivity contribution in [1.29, 1.82) is 0 Å². The van der Waals surface area contributed by atoms with Gasteiger partial charge in [0.25, 0.3) is 5.91 Å². The zero-order valence-electron chi connectivity index (χ0n) is 17.5. The van der Waals surface area contributed by atoms with Gasteiger partial charge in [-0.05, 0) is 55.5 Å². The summed E-state index contributed by atoms with van der Waals surface area (Å²) >= 11 is 6.03. The average Bonchev–Trinajstić information content (AvgIpc) is 2.76. The van der Waals surface area contributed by atoms with Gasteiger partial charge < -0.3 is 10.2 Å². The number of hydrogen-bond donors (Lipinski definition) is 1. The molecule has 0 aliphatic carbocycles. The maximum atomic E-state index is 13.8. The first-order valence-electron chi connectivity index (χ1n) is 10.5. The second-order valence-electron chi connectivity index (χ2n) is 7.82. The minimum Gasteiger partial charge on any atom is -0.349 e. The first kappa shape index (κ1) is 22.3.